The Morgan fingerprint density at radius 1 is 0.436 bits per heavy atom. The Balaban J connectivity index is 1.48. The molecule has 0 unspecified atom stereocenters. The second-order valence-corrected chi connectivity index (χ2v) is 15.5. The maximum Gasteiger partial charge on any atom is 0.103 e. The van der Waals surface area contributed by atoms with Gasteiger partial charge in [-0.3, -0.25) is 0 Å². The van der Waals surface area contributed by atoms with Gasteiger partial charge in [0.2, 0.25) is 0 Å². The van der Waals surface area contributed by atoms with Gasteiger partial charge in [-0.15, -0.1) is 22.7 Å². The molecule has 0 spiro atoms. The highest BCUT2D eigenvalue weighted by Gasteiger charge is 2.31. The van der Waals surface area contributed by atoms with Gasteiger partial charge in [0.25, 0.3) is 0 Å². The van der Waals surface area contributed by atoms with E-state index in [4.69, 9.17) is 4.11 Å². The summed E-state index contributed by atoms with van der Waals surface area (Å²) in [5.41, 5.74) is 4.63. The quantitative estimate of drug-likeness (QED) is 0.180. The lowest BCUT2D eigenvalue weighted by molar-refractivity contribution is 1.18. The summed E-state index contributed by atoms with van der Waals surface area (Å²) in [5, 5.41) is 29.4. The van der Waals surface area contributed by atoms with E-state index >= 15 is 0 Å². The number of rotatable bonds is 4. The molecular weight excluding hydrogens is 707 g/mol. The van der Waals surface area contributed by atoms with Crippen LogP contribution in [-0.4, -0.2) is 4.57 Å². The van der Waals surface area contributed by atoms with E-state index in [0.29, 0.717) is 22.4 Å². The highest BCUT2D eigenvalue weighted by molar-refractivity contribution is 7.27. The van der Waals surface area contributed by atoms with Crippen LogP contribution in [-0.2, 0) is 0 Å². The third-order valence-corrected chi connectivity index (χ3v) is 13.0. The highest BCUT2D eigenvalue weighted by Crippen LogP contribution is 2.52. The van der Waals surface area contributed by atoms with E-state index in [1.807, 2.05) is 84.9 Å². The lowest BCUT2D eigenvalue weighted by Gasteiger charge is -2.25. The summed E-state index contributed by atoms with van der Waals surface area (Å²) >= 11 is 3.37. The van der Waals surface area contributed by atoms with Crippen LogP contribution in [0.25, 0.3) is 101 Å². The van der Waals surface area contributed by atoms with Crippen LogP contribution in [0, 0.1) is 22.7 Å². The second kappa shape index (κ2) is 12.3. The first kappa shape index (κ1) is 26.7. The molecule has 0 saturated heterocycles. The van der Waals surface area contributed by atoms with Gasteiger partial charge < -0.3 is 4.57 Å². The Labute approximate surface area is 331 Å². The van der Waals surface area contributed by atoms with Crippen molar-refractivity contribution in [2.45, 2.75) is 0 Å². The van der Waals surface area contributed by atoms with E-state index in [2.05, 4.69) is 65.2 Å². The topological polar surface area (TPSA) is 52.5 Å². The van der Waals surface area contributed by atoms with Crippen molar-refractivity contribution >= 4 is 84.8 Å². The zero-order valence-electron chi connectivity index (χ0n) is 33.9. The molecule has 5 heteroatoms. The van der Waals surface area contributed by atoms with E-state index < -0.39 is 30.2 Å². The van der Waals surface area contributed by atoms with Crippen molar-refractivity contribution in [1.29, 1.82) is 10.5 Å². The number of hydrogen-bond acceptors (Lipinski definition) is 4. The Morgan fingerprint density at radius 3 is 1.44 bits per heavy atom. The molecule has 0 bridgehead atoms. The first-order valence-corrected chi connectivity index (χ1v) is 19.4. The lowest BCUT2D eigenvalue weighted by atomic mass is 9.81. The van der Waals surface area contributed by atoms with E-state index in [0.717, 1.165) is 67.7 Å². The minimum absolute atomic E-state index is 0.0351. The molecule has 3 nitrogen and oxygen atoms in total. The van der Waals surface area contributed by atoms with Crippen molar-refractivity contribution in [2.75, 3.05) is 0 Å². The van der Waals surface area contributed by atoms with Crippen LogP contribution in [0.1, 0.15) is 18.0 Å². The molecule has 3 aromatic heterocycles. The molecular formula is C50H27N3S2. The number of nitrogens with zero attached hydrogens (tertiary/aromatic N) is 3. The van der Waals surface area contributed by atoms with Crippen LogP contribution in [0.15, 0.2) is 164 Å². The van der Waals surface area contributed by atoms with Gasteiger partial charge in [-0.25, -0.2) is 0 Å². The van der Waals surface area contributed by atoms with E-state index in [9.17, 15) is 13.3 Å². The fourth-order valence-corrected chi connectivity index (χ4v) is 10.8. The van der Waals surface area contributed by atoms with Gasteiger partial charge in [0.05, 0.1) is 44.1 Å². The second-order valence-electron chi connectivity index (χ2n) is 13.4. The van der Waals surface area contributed by atoms with Gasteiger partial charge >= 0.3 is 0 Å². The van der Waals surface area contributed by atoms with Crippen LogP contribution < -0.4 is 0 Å². The maximum absolute atomic E-state index is 11.6. The normalized spacial score (nSPS) is 12.9. The molecule has 11 rings (SSSR count). The molecule has 3 heterocycles. The van der Waals surface area contributed by atoms with Gasteiger partial charge in [0.1, 0.15) is 12.1 Å². The summed E-state index contributed by atoms with van der Waals surface area (Å²) in [5.74, 6) is 0. The number of thiophene rings is 2. The predicted octanol–water partition coefficient (Wildman–Crippen LogP) is 14.3. The number of fused-ring (bicyclic) bond motifs is 11. The molecule has 11 aromatic rings. The standard InChI is InChI=1S/C50H27N3S2/c51-28-39-40(29-52)46(45(32-18-8-3-9-19-32)44(31-16-6-2-7-17-31)43(39)30-14-4-1-5-15-30)53-47-35(24-26-37-33-20-10-12-22-41(33)54-49(37)47)36-25-27-38-34-21-11-13-23-42(34)55-50(38)48(36)53/h1-27H/i1D,4D,5D,14D,15D. The molecule has 0 atom stereocenters. The summed E-state index contributed by atoms with van der Waals surface area (Å²) in [4.78, 5) is 0. The van der Waals surface area contributed by atoms with E-state index in [1.165, 1.54) is 0 Å². The molecule has 0 saturated carbocycles. The van der Waals surface area contributed by atoms with Crippen LogP contribution >= 0.6 is 22.7 Å². The van der Waals surface area contributed by atoms with Gasteiger partial charge in [0.15, 0.2) is 0 Å². The molecule has 0 aliphatic heterocycles. The predicted molar refractivity (Wildman–Crippen MR) is 232 cm³/mol. The Kier molecular flexibility index (Phi) is 5.95. The summed E-state index contributed by atoms with van der Waals surface area (Å²) < 4.78 is 50.9. The molecule has 254 valence electrons. The Morgan fingerprint density at radius 2 is 0.909 bits per heavy atom. The van der Waals surface area contributed by atoms with Gasteiger partial charge in [-0.1, -0.05) is 152 Å². The fourth-order valence-electron chi connectivity index (χ4n) is 8.35. The smallest absolute Gasteiger partial charge is 0.103 e. The van der Waals surface area contributed by atoms with Gasteiger partial charge in [0, 0.05) is 58.4 Å². The molecule has 0 aliphatic rings. The third kappa shape index (κ3) is 4.52. The summed E-state index contributed by atoms with van der Waals surface area (Å²) in [6, 6.07) is 46.8. The maximum atomic E-state index is 11.6. The summed E-state index contributed by atoms with van der Waals surface area (Å²) in [7, 11) is 0. The molecule has 8 aromatic carbocycles. The van der Waals surface area contributed by atoms with Crippen molar-refractivity contribution in [3.63, 3.8) is 0 Å². The summed E-state index contributed by atoms with van der Waals surface area (Å²) in [6.07, 6.45) is 0. The van der Waals surface area contributed by atoms with Crippen LogP contribution in [0.2, 0.25) is 0 Å². The zero-order chi connectivity index (χ0) is 41.0. The third-order valence-electron chi connectivity index (χ3n) is 10.6. The molecule has 0 fully saturated rings. The number of nitriles is 2. The number of aromatic nitrogens is 1. The SMILES string of the molecule is [2H]c1c([2H])c([2H])c(-c2c(C#N)c(C#N)c(-n3c4c(ccc5c6ccccc6sc54)c4ccc5c6ccccc6sc5c43)c(-c3ccccc3)c2-c2ccccc2)c([2H])c1[2H]. The molecule has 0 N–H and O–H groups in total. The van der Waals surface area contributed by atoms with Crippen molar-refractivity contribution in [3.8, 4) is 51.2 Å². The fraction of sp³-hybridized carbons (Fsp3) is 0. The first-order valence-electron chi connectivity index (χ1n) is 20.2. The van der Waals surface area contributed by atoms with Gasteiger partial charge in [-0.2, -0.15) is 10.5 Å². The first-order chi connectivity index (χ1) is 29.3. The van der Waals surface area contributed by atoms with Gasteiger partial charge in [-0.05, 0) is 28.8 Å². The molecule has 0 aliphatic carbocycles. The van der Waals surface area contributed by atoms with E-state index in [-0.39, 0.29) is 22.3 Å². The molecule has 0 amide bonds. The number of benzene rings is 8. The van der Waals surface area contributed by atoms with E-state index in [1.54, 1.807) is 22.7 Å². The Hall–Kier alpha value is -7.02. The van der Waals surface area contributed by atoms with Crippen LogP contribution in [0.4, 0.5) is 0 Å². The van der Waals surface area contributed by atoms with Crippen molar-refractivity contribution in [2.24, 2.45) is 0 Å². The number of hydrogen-bond donors (Lipinski definition) is 0. The summed E-state index contributed by atoms with van der Waals surface area (Å²) in [6.45, 7) is 0. The zero-order valence-corrected chi connectivity index (χ0v) is 30.5. The van der Waals surface area contributed by atoms with Crippen molar-refractivity contribution in [1.82, 2.24) is 4.57 Å². The van der Waals surface area contributed by atoms with Crippen LogP contribution in [0.5, 0.6) is 0 Å². The largest absolute Gasteiger partial charge is 0.304 e. The van der Waals surface area contributed by atoms with Crippen LogP contribution in [0.3, 0.4) is 0 Å². The minimum Gasteiger partial charge on any atom is -0.304 e. The highest BCUT2D eigenvalue weighted by atomic mass is 32.1. The average molecular weight is 739 g/mol. The average Bonchev–Trinajstić information content (AvgIpc) is 3.97. The van der Waals surface area contributed by atoms with Crippen molar-refractivity contribution < 1.29 is 6.85 Å². The molecule has 0 radical (unpaired) electrons. The minimum atomic E-state index is -0.543. The van der Waals surface area contributed by atoms with Crippen molar-refractivity contribution in [3.05, 3.63) is 175 Å². The molecule has 55 heavy (non-hydrogen) atoms. The monoisotopic (exact) mass is 738 g/mol. The lowest BCUT2D eigenvalue weighted by Crippen LogP contribution is -2.08. The Bertz CT molecular complexity index is 3580.